The van der Waals surface area contributed by atoms with E-state index in [4.69, 9.17) is 21.1 Å². The quantitative estimate of drug-likeness (QED) is 0.142. The second-order valence-corrected chi connectivity index (χ2v) is 11.5. The summed E-state index contributed by atoms with van der Waals surface area (Å²) in [5.41, 5.74) is 0.866. The van der Waals surface area contributed by atoms with Gasteiger partial charge in [0.15, 0.2) is 6.61 Å². The molecule has 4 N–H and O–H groups in total. The van der Waals surface area contributed by atoms with E-state index in [-0.39, 0.29) is 37.0 Å². The van der Waals surface area contributed by atoms with Gasteiger partial charge in [0.05, 0.1) is 12.1 Å². The summed E-state index contributed by atoms with van der Waals surface area (Å²) in [6, 6.07) is 11.3. The number of likely N-dealkylation sites (N-methyl/N-ethyl adjacent to an activating group) is 1. The van der Waals surface area contributed by atoms with Crippen molar-refractivity contribution in [1.29, 1.82) is 0 Å². The summed E-state index contributed by atoms with van der Waals surface area (Å²) < 4.78 is 48.6. The molecular weight excluding hydrogens is 673 g/mol. The molecule has 3 aromatic rings. The van der Waals surface area contributed by atoms with Crippen LogP contribution < -0.4 is 26.0 Å². The Balaban J connectivity index is 1.45. The fraction of sp³-hybridized carbons (Fsp3) is 0.387. The summed E-state index contributed by atoms with van der Waals surface area (Å²) in [6.07, 6.45) is -3.25. The van der Waals surface area contributed by atoms with Gasteiger partial charge in [0.25, 0.3) is 5.91 Å². The number of aromatic nitrogens is 3. The van der Waals surface area contributed by atoms with Gasteiger partial charge in [-0.15, -0.1) is 0 Å². The third-order valence-electron chi connectivity index (χ3n) is 7.08. The average molecular weight is 707 g/mol. The van der Waals surface area contributed by atoms with Crippen molar-refractivity contribution < 1.29 is 41.8 Å². The van der Waals surface area contributed by atoms with Crippen LogP contribution in [-0.2, 0) is 24.7 Å². The van der Waals surface area contributed by atoms with Crippen molar-refractivity contribution in [3.63, 3.8) is 0 Å². The van der Waals surface area contributed by atoms with Crippen LogP contribution in [0.4, 0.5) is 30.8 Å². The third-order valence-corrected chi connectivity index (χ3v) is 7.33. The lowest BCUT2D eigenvalue weighted by Gasteiger charge is -2.19. The summed E-state index contributed by atoms with van der Waals surface area (Å²) in [5.74, 6) is -3.15. The van der Waals surface area contributed by atoms with E-state index in [0.29, 0.717) is 23.6 Å². The first-order valence-corrected chi connectivity index (χ1v) is 15.4. The summed E-state index contributed by atoms with van der Waals surface area (Å²) >= 11 is 6.02. The fourth-order valence-corrected chi connectivity index (χ4v) is 4.58. The normalized spacial score (nSPS) is 13.8. The number of hydrogen-bond donors (Lipinski definition) is 4. The van der Waals surface area contributed by atoms with E-state index in [1.54, 1.807) is 19.1 Å². The molecule has 1 fully saturated rings. The van der Waals surface area contributed by atoms with Gasteiger partial charge in [0, 0.05) is 36.9 Å². The van der Waals surface area contributed by atoms with E-state index >= 15 is 0 Å². The van der Waals surface area contributed by atoms with Crippen LogP contribution in [0, 0.1) is 0 Å². The Morgan fingerprint density at radius 2 is 1.63 bits per heavy atom. The molecular formula is C31H34ClF3N8O6. The van der Waals surface area contributed by atoms with E-state index in [0.717, 1.165) is 10.5 Å². The number of benzene rings is 2. The number of hydrogen-bond acceptors (Lipinski definition) is 11. The Kier molecular flexibility index (Phi) is 11.8. The first kappa shape index (κ1) is 36.6. The molecule has 49 heavy (non-hydrogen) atoms. The van der Waals surface area contributed by atoms with Crippen molar-refractivity contribution in [3.8, 4) is 6.01 Å². The largest absolute Gasteiger partial charge is 0.464 e. The van der Waals surface area contributed by atoms with Crippen molar-refractivity contribution in [2.24, 2.45) is 0 Å². The average Bonchev–Trinajstić information content (AvgIpc) is 3.83. The van der Waals surface area contributed by atoms with Gasteiger partial charge in [0.1, 0.15) is 6.04 Å². The molecule has 1 aromatic heterocycles. The number of amides is 3. The second kappa shape index (κ2) is 15.8. The number of alkyl halides is 3. The van der Waals surface area contributed by atoms with Gasteiger partial charge in [-0.1, -0.05) is 23.7 Å². The van der Waals surface area contributed by atoms with E-state index in [1.165, 1.54) is 38.4 Å². The van der Waals surface area contributed by atoms with Crippen LogP contribution >= 0.6 is 11.6 Å². The highest BCUT2D eigenvalue weighted by Gasteiger charge is 2.45. The van der Waals surface area contributed by atoms with Crippen LogP contribution in [0.25, 0.3) is 0 Å². The van der Waals surface area contributed by atoms with Crippen molar-refractivity contribution in [2.75, 3.05) is 44.5 Å². The molecule has 1 atom stereocenters. The molecule has 1 saturated carbocycles. The molecule has 262 valence electrons. The molecule has 1 aliphatic carbocycles. The monoisotopic (exact) mass is 706 g/mol. The lowest BCUT2D eigenvalue weighted by atomic mass is 10.1. The number of rotatable bonds is 14. The summed E-state index contributed by atoms with van der Waals surface area (Å²) in [4.78, 5) is 62.6. The Bertz CT molecular complexity index is 1650. The molecule has 1 aliphatic rings. The standard InChI is InChI=1S/C31H34ClF3N8O6/c1-4-48-26(47)22(13-16-36-24(45)25(46)43(2)3)38-23(44)18-5-11-21(12-6-18)37-27-39-28(41-29(40-27)49-17-31(33,34)35)42-30(14-15-30)19-7-9-20(32)10-8-19/h5-12,22H,4,13-17H2,1-3H3,(H,36,45)(H,38,44)(H2,37,39,40,41,42)/t22-/m0/s1. The van der Waals surface area contributed by atoms with Crippen molar-refractivity contribution in [1.82, 2.24) is 30.5 Å². The van der Waals surface area contributed by atoms with Crippen LogP contribution in [-0.4, -0.2) is 89.6 Å². The summed E-state index contributed by atoms with van der Waals surface area (Å²) in [6.45, 7) is -0.0598. The number of nitrogens with zero attached hydrogens (tertiary/aromatic N) is 4. The Hall–Kier alpha value is -5.19. The summed E-state index contributed by atoms with van der Waals surface area (Å²) in [5, 5.41) is 11.6. The number of anilines is 3. The predicted molar refractivity (Wildman–Crippen MR) is 171 cm³/mol. The predicted octanol–water partition coefficient (Wildman–Crippen LogP) is 3.57. The topological polar surface area (TPSA) is 177 Å². The molecule has 0 saturated heterocycles. The minimum absolute atomic E-state index is 0.0228. The molecule has 0 unspecified atom stereocenters. The van der Waals surface area contributed by atoms with Gasteiger partial charge in [-0.3, -0.25) is 14.4 Å². The molecule has 2 aromatic carbocycles. The zero-order valence-electron chi connectivity index (χ0n) is 26.7. The molecule has 1 heterocycles. The number of nitrogens with one attached hydrogen (secondary N) is 4. The van der Waals surface area contributed by atoms with Gasteiger partial charge in [-0.25, -0.2) is 4.79 Å². The zero-order valence-corrected chi connectivity index (χ0v) is 27.4. The molecule has 0 radical (unpaired) electrons. The van der Waals surface area contributed by atoms with Crippen LogP contribution in [0.5, 0.6) is 6.01 Å². The van der Waals surface area contributed by atoms with E-state index in [2.05, 4.69) is 36.2 Å². The van der Waals surface area contributed by atoms with E-state index in [1.807, 2.05) is 12.1 Å². The first-order chi connectivity index (χ1) is 23.2. The molecule has 14 nitrogen and oxygen atoms in total. The van der Waals surface area contributed by atoms with E-state index < -0.39 is 54.1 Å². The van der Waals surface area contributed by atoms with Gasteiger partial charge < -0.3 is 35.6 Å². The highest BCUT2D eigenvalue weighted by atomic mass is 35.5. The molecule has 0 bridgehead atoms. The lowest BCUT2D eigenvalue weighted by molar-refractivity contribution is -0.154. The first-order valence-electron chi connectivity index (χ1n) is 15.0. The van der Waals surface area contributed by atoms with Crippen molar-refractivity contribution in [3.05, 3.63) is 64.7 Å². The number of ether oxygens (including phenoxy) is 2. The fourth-order valence-electron chi connectivity index (χ4n) is 4.45. The molecule has 0 aliphatic heterocycles. The maximum atomic E-state index is 13.0. The van der Waals surface area contributed by atoms with Crippen molar-refractivity contribution in [2.45, 2.75) is 43.9 Å². The SMILES string of the molecule is CCOC(=O)[C@H](CCNC(=O)C(=O)N(C)C)NC(=O)c1ccc(Nc2nc(NC3(c4ccc(Cl)cc4)CC3)nc(OCC(F)(F)F)n2)cc1. The van der Waals surface area contributed by atoms with E-state index in [9.17, 15) is 32.3 Å². The van der Waals surface area contributed by atoms with Gasteiger partial charge >= 0.3 is 30.0 Å². The Labute approximate surface area is 284 Å². The lowest BCUT2D eigenvalue weighted by Crippen LogP contribution is -2.45. The highest BCUT2D eigenvalue weighted by molar-refractivity contribution is 6.34. The Morgan fingerprint density at radius 3 is 2.22 bits per heavy atom. The zero-order chi connectivity index (χ0) is 35.8. The van der Waals surface area contributed by atoms with Crippen LogP contribution in [0.2, 0.25) is 5.02 Å². The van der Waals surface area contributed by atoms with Gasteiger partial charge in [-0.05, 0) is 68.1 Å². The van der Waals surface area contributed by atoms with Crippen LogP contribution in [0.15, 0.2) is 48.5 Å². The molecule has 0 spiro atoms. The second-order valence-electron chi connectivity index (χ2n) is 11.1. The molecule has 3 amide bonds. The van der Waals surface area contributed by atoms with Crippen molar-refractivity contribution >= 4 is 52.9 Å². The van der Waals surface area contributed by atoms with Crippen LogP contribution in [0.3, 0.4) is 0 Å². The Morgan fingerprint density at radius 1 is 0.980 bits per heavy atom. The minimum atomic E-state index is -4.63. The molecule has 4 rings (SSSR count). The number of halogens is 4. The minimum Gasteiger partial charge on any atom is -0.464 e. The van der Waals surface area contributed by atoms with Gasteiger partial charge in [0.2, 0.25) is 11.9 Å². The highest BCUT2D eigenvalue weighted by Crippen LogP contribution is 2.48. The maximum absolute atomic E-state index is 13.0. The van der Waals surface area contributed by atoms with Gasteiger partial charge in [-0.2, -0.15) is 28.1 Å². The molecule has 18 heteroatoms. The van der Waals surface area contributed by atoms with Crippen LogP contribution in [0.1, 0.15) is 42.1 Å². The third kappa shape index (κ3) is 10.7. The number of carbonyl (C=O) groups excluding carboxylic acids is 4. The number of esters is 1. The number of carbonyl (C=O) groups is 4. The maximum Gasteiger partial charge on any atom is 0.422 e. The summed E-state index contributed by atoms with van der Waals surface area (Å²) in [7, 11) is 2.83. The smallest absolute Gasteiger partial charge is 0.422 e.